The summed E-state index contributed by atoms with van der Waals surface area (Å²) in [6.07, 6.45) is 0. The van der Waals surface area contributed by atoms with E-state index >= 15 is 0 Å². The molecule has 0 saturated carbocycles. The summed E-state index contributed by atoms with van der Waals surface area (Å²) in [6.45, 7) is 0. The summed E-state index contributed by atoms with van der Waals surface area (Å²) in [5.74, 6) is 1.41. The van der Waals surface area contributed by atoms with Gasteiger partial charge < -0.3 is 14.8 Å². The standard InChI is InChI=1S/C14H12N4O4/c1-21-12-5-3-9(7-13(12)22-2)16-14-6-4-11(18(19)20)10(8-15)17-14/h3-7H,1-2H3,(H,16,17). The molecule has 8 heteroatoms. The molecule has 1 aromatic heterocycles. The van der Waals surface area contributed by atoms with Crippen LogP contribution >= 0.6 is 0 Å². The quantitative estimate of drug-likeness (QED) is 0.667. The second-order valence-electron chi connectivity index (χ2n) is 4.13. The summed E-state index contributed by atoms with van der Waals surface area (Å²) in [5, 5.41) is 22.6. The van der Waals surface area contributed by atoms with Gasteiger partial charge in [0.15, 0.2) is 11.5 Å². The number of nitrogens with one attached hydrogen (secondary N) is 1. The summed E-state index contributed by atoms with van der Waals surface area (Å²) in [7, 11) is 3.04. The van der Waals surface area contributed by atoms with Gasteiger partial charge in [-0.25, -0.2) is 4.98 Å². The molecule has 8 nitrogen and oxygen atoms in total. The molecule has 0 atom stereocenters. The third kappa shape index (κ3) is 3.04. The molecular formula is C14H12N4O4. The van der Waals surface area contributed by atoms with Gasteiger partial charge in [-0.15, -0.1) is 0 Å². The van der Waals surface area contributed by atoms with Crippen LogP contribution < -0.4 is 14.8 Å². The maximum atomic E-state index is 10.8. The first-order valence-corrected chi connectivity index (χ1v) is 6.13. The van der Waals surface area contributed by atoms with Crippen molar-refractivity contribution in [2.75, 3.05) is 19.5 Å². The minimum Gasteiger partial charge on any atom is -0.493 e. The molecule has 0 amide bonds. The van der Waals surface area contributed by atoms with Crippen LogP contribution in [-0.2, 0) is 0 Å². The first-order valence-electron chi connectivity index (χ1n) is 6.13. The van der Waals surface area contributed by atoms with Crippen molar-refractivity contribution in [2.45, 2.75) is 0 Å². The Balaban J connectivity index is 2.32. The molecule has 0 spiro atoms. The number of nitrogens with zero attached hydrogens (tertiary/aromatic N) is 3. The highest BCUT2D eigenvalue weighted by atomic mass is 16.6. The fraction of sp³-hybridized carbons (Fsp3) is 0.143. The van der Waals surface area contributed by atoms with E-state index in [4.69, 9.17) is 14.7 Å². The average Bonchev–Trinajstić information content (AvgIpc) is 2.54. The van der Waals surface area contributed by atoms with E-state index in [2.05, 4.69) is 10.3 Å². The van der Waals surface area contributed by atoms with Crippen LogP contribution in [0.5, 0.6) is 11.5 Å². The predicted octanol–water partition coefficient (Wildman–Crippen LogP) is 2.62. The first kappa shape index (κ1) is 15.1. The second-order valence-corrected chi connectivity index (χ2v) is 4.13. The molecule has 0 aliphatic carbocycles. The Labute approximate surface area is 126 Å². The molecule has 0 radical (unpaired) electrons. The van der Waals surface area contributed by atoms with E-state index in [0.29, 0.717) is 23.0 Å². The molecule has 0 bridgehead atoms. The van der Waals surface area contributed by atoms with E-state index in [1.807, 2.05) is 0 Å². The monoisotopic (exact) mass is 300 g/mol. The van der Waals surface area contributed by atoms with Gasteiger partial charge in [-0.05, 0) is 18.2 Å². The van der Waals surface area contributed by atoms with Crippen molar-refractivity contribution < 1.29 is 14.4 Å². The lowest BCUT2D eigenvalue weighted by Gasteiger charge is -2.11. The summed E-state index contributed by atoms with van der Waals surface area (Å²) >= 11 is 0. The maximum Gasteiger partial charge on any atom is 0.305 e. The smallest absolute Gasteiger partial charge is 0.305 e. The summed E-state index contributed by atoms with van der Waals surface area (Å²) in [5.41, 5.74) is 0.0544. The van der Waals surface area contributed by atoms with Gasteiger partial charge in [0.25, 0.3) is 0 Å². The topological polar surface area (TPSA) is 110 Å². The molecule has 2 rings (SSSR count). The Hall–Kier alpha value is -3.34. The van der Waals surface area contributed by atoms with Gasteiger partial charge in [-0.2, -0.15) is 5.26 Å². The van der Waals surface area contributed by atoms with Crippen LogP contribution in [0.3, 0.4) is 0 Å². The van der Waals surface area contributed by atoms with Crippen LogP contribution in [0.4, 0.5) is 17.2 Å². The molecular weight excluding hydrogens is 288 g/mol. The van der Waals surface area contributed by atoms with Gasteiger partial charge in [0.2, 0.25) is 5.69 Å². The van der Waals surface area contributed by atoms with E-state index in [-0.39, 0.29) is 11.4 Å². The second kappa shape index (κ2) is 6.41. The Morgan fingerprint density at radius 3 is 2.55 bits per heavy atom. The van der Waals surface area contributed by atoms with Crippen molar-refractivity contribution in [2.24, 2.45) is 0 Å². The predicted molar refractivity (Wildman–Crippen MR) is 78.4 cm³/mol. The van der Waals surface area contributed by atoms with Crippen molar-refractivity contribution >= 4 is 17.2 Å². The van der Waals surface area contributed by atoms with Crippen molar-refractivity contribution in [1.29, 1.82) is 5.26 Å². The Morgan fingerprint density at radius 2 is 1.95 bits per heavy atom. The third-order valence-electron chi connectivity index (χ3n) is 2.83. The number of pyridine rings is 1. The maximum absolute atomic E-state index is 10.8. The van der Waals surface area contributed by atoms with Gasteiger partial charge in [-0.1, -0.05) is 0 Å². The van der Waals surface area contributed by atoms with Gasteiger partial charge in [0.1, 0.15) is 11.9 Å². The fourth-order valence-electron chi connectivity index (χ4n) is 1.81. The zero-order valence-corrected chi connectivity index (χ0v) is 11.9. The number of rotatable bonds is 5. The lowest BCUT2D eigenvalue weighted by molar-refractivity contribution is -0.385. The molecule has 0 saturated heterocycles. The summed E-state index contributed by atoms with van der Waals surface area (Å²) in [4.78, 5) is 14.0. The Morgan fingerprint density at radius 1 is 1.23 bits per heavy atom. The molecule has 1 aromatic carbocycles. The molecule has 1 heterocycles. The van der Waals surface area contributed by atoms with Crippen LogP contribution in [0, 0.1) is 21.4 Å². The SMILES string of the molecule is COc1ccc(Nc2ccc([N+](=O)[O-])c(C#N)n2)cc1OC. The molecule has 1 N–H and O–H groups in total. The molecule has 0 aliphatic rings. The molecule has 0 fully saturated rings. The van der Waals surface area contributed by atoms with Gasteiger partial charge >= 0.3 is 5.69 Å². The highest BCUT2D eigenvalue weighted by Crippen LogP contribution is 2.31. The summed E-state index contributed by atoms with van der Waals surface area (Å²) in [6, 6.07) is 9.49. The molecule has 0 aliphatic heterocycles. The van der Waals surface area contributed by atoms with Crippen molar-refractivity contribution in [3.05, 3.63) is 46.1 Å². The summed E-state index contributed by atoms with van der Waals surface area (Å²) < 4.78 is 10.3. The molecule has 0 unspecified atom stereocenters. The molecule has 22 heavy (non-hydrogen) atoms. The zero-order chi connectivity index (χ0) is 16.1. The van der Waals surface area contributed by atoms with Gasteiger partial charge in [-0.3, -0.25) is 10.1 Å². The minimum absolute atomic E-state index is 0.254. The number of hydrogen-bond donors (Lipinski definition) is 1. The Bertz CT molecular complexity index is 755. The number of aromatic nitrogens is 1. The van der Waals surface area contributed by atoms with E-state index in [0.717, 1.165) is 0 Å². The lowest BCUT2D eigenvalue weighted by Crippen LogP contribution is -2.00. The first-order chi connectivity index (χ1) is 10.6. The number of nitro groups is 1. The van der Waals surface area contributed by atoms with Crippen molar-refractivity contribution in [3.8, 4) is 17.6 Å². The zero-order valence-electron chi connectivity index (χ0n) is 11.9. The highest BCUT2D eigenvalue weighted by Gasteiger charge is 2.15. The number of hydrogen-bond acceptors (Lipinski definition) is 7. The van der Waals surface area contributed by atoms with Gasteiger partial charge in [0.05, 0.1) is 19.1 Å². The van der Waals surface area contributed by atoms with Crippen LogP contribution in [0.1, 0.15) is 5.69 Å². The normalized spacial score (nSPS) is 9.68. The number of anilines is 2. The van der Waals surface area contributed by atoms with Crippen molar-refractivity contribution in [1.82, 2.24) is 4.98 Å². The van der Waals surface area contributed by atoms with E-state index < -0.39 is 4.92 Å². The Kier molecular flexibility index (Phi) is 4.38. The number of nitriles is 1. The molecule has 2 aromatic rings. The minimum atomic E-state index is -0.647. The fourth-order valence-corrected chi connectivity index (χ4v) is 1.81. The van der Waals surface area contributed by atoms with Crippen LogP contribution in [0.15, 0.2) is 30.3 Å². The van der Waals surface area contributed by atoms with Crippen LogP contribution in [-0.4, -0.2) is 24.1 Å². The largest absolute Gasteiger partial charge is 0.493 e. The number of ether oxygens (including phenoxy) is 2. The molecule has 112 valence electrons. The average molecular weight is 300 g/mol. The highest BCUT2D eigenvalue weighted by molar-refractivity contribution is 5.63. The number of methoxy groups -OCH3 is 2. The van der Waals surface area contributed by atoms with Crippen molar-refractivity contribution in [3.63, 3.8) is 0 Å². The van der Waals surface area contributed by atoms with Crippen LogP contribution in [0.25, 0.3) is 0 Å². The third-order valence-corrected chi connectivity index (χ3v) is 2.83. The van der Waals surface area contributed by atoms with E-state index in [9.17, 15) is 10.1 Å². The van der Waals surface area contributed by atoms with E-state index in [1.165, 1.54) is 26.4 Å². The lowest BCUT2D eigenvalue weighted by atomic mass is 10.2. The van der Waals surface area contributed by atoms with Crippen LogP contribution in [0.2, 0.25) is 0 Å². The van der Waals surface area contributed by atoms with Gasteiger partial charge in [0, 0.05) is 17.8 Å². The number of benzene rings is 1. The van der Waals surface area contributed by atoms with E-state index in [1.54, 1.807) is 24.3 Å².